The lowest BCUT2D eigenvalue weighted by Gasteiger charge is -2.35. The SMILES string of the molecule is CCC(C)Sc1ccc(C2C3C(=O)N(C)C(=O)C3[C@]3(C(=O)OC)CCCN23)cc1. The minimum atomic E-state index is -1.04. The van der Waals surface area contributed by atoms with Crippen molar-refractivity contribution in [3.8, 4) is 0 Å². The van der Waals surface area contributed by atoms with Gasteiger partial charge >= 0.3 is 5.97 Å². The van der Waals surface area contributed by atoms with Gasteiger partial charge in [-0.05, 0) is 43.5 Å². The highest BCUT2D eigenvalue weighted by Gasteiger charge is 2.72. The summed E-state index contributed by atoms with van der Waals surface area (Å²) in [4.78, 5) is 43.5. The number of thioether (sulfide) groups is 1. The number of amides is 2. The minimum absolute atomic E-state index is 0.194. The van der Waals surface area contributed by atoms with Gasteiger partial charge in [0, 0.05) is 23.2 Å². The molecule has 4 rings (SSSR count). The number of benzene rings is 1. The number of carbonyl (C=O) groups is 3. The van der Waals surface area contributed by atoms with Crippen LogP contribution in [0.1, 0.15) is 44.7 Å². The Bertz CT molecular complexity index is 842. The van der Waals surface area contributed by atoms with Gasteiger partial charge in [0.2, 0.25) is 11.8 Å². The molecule has 0 radical (unpaired) electrons. The minimum Gasteiger partial charge on any atom is -0.468 e. The van der Waals surface area contributed by atoms with Gasteiger partial charge in [0.1, 0.15) is 5.54 Å². The highest BCUT2D eigenvalue weighted by atomic mass is 32.2. The van der Waals surface area contributed by atoms with E-state index in [1.165, 1.54) is 24.0 Å². The standard InChI is InChI=1S/C22H28N2O4S/c1-5-13(2)29-15-9-7-14(8-10-15)18-16-17(20(26)23(3)19(16)25)22(21(27)28-4)11-6-12-24(18)22/h7-10,13,16-18H,5-6,11-12H2,1-4H3/t13?,16?,17?,18?,22-/m0/s1. The van der Waals surface area contributed by atoms with Crippen molar-refractivity contribution < 1.29 is 19.1 Å². The Labute approximate surface area is 175 Å². The number of imide groups is 1. The summed E-state index contributed by atoms with van der Waals surface area (Å²) in [5.74, 6) is -2.06. The molecule has 3 aliphatic heterocycles. The second-order valence-corrected chi connectivity index (χ2v) is 9.81. The lowest BCUT2D eigenvalue weighted by molar-refractivity contribution is -0.158. The molecule has 3 fully saturated rings. The first-order chi connectivity index (χ1) is 13.9. The van der Waals surface area contributed by atoms with Gasteiger partial charge in [0.05, 0.1) is 18.9 Å². The summed E-state index contributed by atoms with van der Waals surface area (Å²) >= 11 is 1.83. The van der Waals surface area contributed by atoms with Crippen molar-refractivity contribution in [2.24, 2.45) is 11.8 Å². The van der Waals surface area contributed by atoms with Crippen LogP contribution in [0, 0.1) is 11.8 Å². The zero-order valence-corrected chi connectivity index (χ0v) is 18.2. The molecule has 0 spiro atoms. The second-order valence-electron chi connectivity index (χ2n) is 8.30. The normalized spacial score (nSPS) is 32.4. The fourth-order valence-corrected chi connectivity index (χ4v) is 6.33. The van der Waals surface area contributed by atoms with E-state index < -0.39 is 23.3 Å². The number of carbonyl (C=O) groups excluding carboxylic acids is 3. The number of ether oxygens (including phenoxy) is 1. The zero-order valence-electron chi connectivity index (χ0n) is 17.4. The third-order valence-corrected chi connectivity index (χ3v) is 8.18. The first-order valence-electron chi connectivity index (χ1n) is 10.3. The van der Waals surface area contributed by atoms with Crippen molar-refractivity contribution in [1.82, 2.24) is 9.80 Å². The van der Waals surface area contributed by atoms with Crippen molar-refractivity contribution >= 4 is 29.5 Å². The van der Waals surface area contributed by atoms with Crippen molar-refractivity contribution in [3.63, 3.8) is 0 Å². The summed E-state index contributed by atoms with van der Waals surface area (Å²) < 4.78 is 5.16. The first-order valence-corrected chi connectivity index (χ1v) is 11.2. The number of rotatable bonds is 5. The molecule has 0 N–H and O–H groups in total. The number of nitrogens with zero attached hydrogens (tertiary/aromatic N) is 2. The first kappa shape index (κ1) is 20.4. The van der Waals surface area contributed by atoms with Crippen LogP contribution in [-0.2, 0) is 19.1 Å². The van der Waals surface area contributed by atoms with Crippen molar-refractivity contribution in [3.05, 3.63) is 29.8 Å². The van der Waals surface area contributed by atoms with E-state index in [0.717, 1.165) is 18.4 Å². The van der Waals surface area contributed by atoms with Crippen LogP contribution in [0.15, 0.2) is 29.2 Å². The lowest BCUT2D eigenvalue weighted by atomic mass is 9.77. The van der Waals surface area contributed by atoms with E-state index in [1.54, 1.807) is 0 Å². The molecule has 156 valence electrons. The van der Waals surface area contributed by atoms with Gasteiger partial charge in [0.25, 0.3) is 0 Å². The number of methoxy groups -OCH3 is 1. The van der Waals surface area contributed by atoms with Crippen LogP contribution < -0.4 is 0 Å². The molecule has 5 atom stereocenters. The summed E-state index contributed by atoms with van der Waals surface area (Å²) in [5, 5.41) is 0.532. The van der Waals surface area contributed by atoms with Gasteiger partial charge in [-0.15, -0.1) is 11.8 Å². The fraction of sp³-hybridized carbons (Fsp3) is 0.591. The fourth-order valence-electron chi connectivity index (χ4n) is 5.40. The molecular formula is C22H28N2O4S. The molecule has 0 bridgehead atoms. The molecule has 1 aromatic rings. The molecule has 0 saturated carbocycles. The second kappa shape index (κ2) is 7.43. The summed E-state index contributed by atoms with van der Waals surface area (Å²) in [5.41, 5.74) is -0.0521. The van der Waals surface area contributed by atoms with E-state index in [9.17, 15) is 14.4 Å². The topological polar surface area (TPSA) is 66.9 Å². The molecule has 0 aromatic heterocycles. The molecule has 3 aliphatic rings. The predicted octanol–water partition coefficient (Wildman–Crippen LogP) is 2.87. The van der Waals surface area contributed by atoms with E-state index in [2.05, 4.69) is 30.9 Å². The number of hydrogen-bond donors (Lipinski definition) is 0. The monoisotopic (exact) mass is 416 g/mol. The van der Waals surface area contributed by atoms with Crippen LogP contribution in [0.4, 0.5) is 0 Å². The Morgan fingerprint density at radius 3 is 2.59 bits per heavy atom. The largest absolute Gasteiger partial charge is 0.468 e. The molecule has 7 heteroatoms. The highest BCUT2D eigenvalue weighted by Crippen LogP contribution is 2.59. The van der Waals surface area contributed by atoms with Gasteiger partial charge in [-0.3, -0.25) is 24.2 Å². The maximum atomic E-state index is 13.0. The molecule has 0 aliphatic carbocycles. The van der Waals surface area contributed by atoms with E-state index in [1.807, 2.05) is 23.9 Å². The van der Waals surface area contributed by atoms with E-state index >= 15 is 0 Å². The van der Waals surface area contributed by atoms with Gasteiger partial charge in [-0.25, -0.2) is 0 Å². The number of likely N-dealkylation sites (tertiary alicyclic amines) is 1. The van der Waals surface area contributed by atoms with Crippen LogP contribution in [-0.4, -0.2) is 59.1 Å². The van der Waals surface area contributed by atoms with Gasteiger partial charge in [0.15, 0.2) is 0 Å². The number of fused-ring (bicyclic) bond motifs is 3. The Balaban J connectivity index is 1.76. The molecular weight excluding hydrogens is 388 g/mol. The smallest absolute Gasteiger partial charge is 0.327 e. The Morgan fingerprint density at radius 2 is 1.97 bits per heavy atom. The van der Waals surface area contributed by atoms with Gasteiger partial charge in [-0.1, -0.05) is 26.0 Å². The van der Waals surface area contributed by atoms with E-state index in [-0.39, 0.29) is 17.9 Å². The molecule has 3 heterocycles. The zero-order chi connectivity index (χ0) is 20.9. The van der Waals surface area contributed by atoms with Crippen LogP contribution in [0.3, 0.4) is 0 Å². The third kappa shape index (κ3) is 2.85. The summed E-state index contributed by atoms with van der Waals surface area (Å²) in [6, 6.07) is 7.98. The lowest BCUT2D eigenvalue weighted by Crippen LogP contribution is -2.54. The van der Waals surface area contributed by atoms with Gasteiger partial charge in [-0.2, -0.15) is 0 Å². The van der Waals surface area contributed by atoms with Crippen LogP contribution in [0.25, 0.3) is 0 Å². The Morgan fingerprint density at radius 1 is 1.28 bits per heavy atom. The molecule has 6 nitrogen and oxygen atoms in total. The summed E-state index contributed by atoms with van der Waals surface area (Å²) in [6.45, 7) is 5.05. The predicted molar refractivity (Wildman–Crippen MR) is 110 cm³/mol. The van der Waals surface area contributed by atoms with Crippen molar-refractivity contribution in [2.75, 3.05) is 20.7 Å². The van der Waals surface area contributed by atoms with E-state index in [4.69, 9.17) is 4.74 Å². The summed E-state index contributed by atoms with van der Waals surface area (Å²) in [7, 11) is 2.89. The average Bonchev–Trinajstić information content (AvgIpc) is 3.34. The van der Waals surface area contributed by atoms with Crippen LogP contribution >= 0.6 is 11.8 Å². The van der Waals surface area contributed by atoms with Crippen molar-refractivity contribution in [2.45, 2.75) is 54.8 Å². The molecule has 3 saturated heterocycles. The highest BCUT2D eigenvalue weighted by molar-refractivity contribution is 7.99. The van der Waals surface area contributed by atoms with Crippen molar-refractivity contribution in [1.29, 1.82) is 0 Å². The molecule has 1 aromatic carbocycles. The molecule has 29 heavy (non-hydrogen) atoms. The molecule has 4 unspecified atom stereocenters. The van der Waals surface area contributed by atoms with E-state index in [0.29, 0.717) is 18.2 Å². The van der Waals surface area contributed by atoms with Gasteiger partial charge < -0.3 is 4.74 Å². The number of esters is 1. The average molecular weight is 417 g/mol. The Hall–Kier alpha value is -1.86. The quantitative estimate of drug-likeness (QED) is 0.418. The maximum absolute atomic E-state index is 13.0. The Kier molecular flexibility index (Phi) is 5.23. The van der Waals surface area contributed by atoms with Crippen LogP contribution in [0.5, 0.6) is 0 Å². The molecule has 2 amide bonds. The third-order valence-electron chi connectivity index (χ3n) is 6.90. The van der Waals surface area contributed by atoms with Crippen LogP contribution in [0.2, 0.25) is 0 Å². The summed E-state index contributed by atoms with van der Waals surface area (Å²) in [6.07, 6.45) is 2.45. The maximum Gasteiger partial charge on any atom is 0.327 e. The number of hydrogen-bond acceptors (Lipinski definition) is 6.